The number of hydrogen-bond donors (Lipinski definition) is 1. The van der Waals surface area contributed by atoms with Crippen LogP contribution in [0.5, 0.6) is 0 Å². The largest absolute Gasteiger partial charge is 0.383 e. The van der Waals surface area contributed by atoms with Gasteiger partial charge < -0.3 is 19.7 Å². The zero-order valence-electron chi connectivity index (χ0n) is 13.1. The molecule has 1 heterocycles. The lowest BCUT2D eigenvalue weighted by Gasteiger charge is -2.27. The fourth-order valence-electron chi connectivity index (χ4n) is 2.10. The Morgan fingerprint density at radius 3 is 2.20 bits per heavy atom. The highest BCUT2D eigenvalue weighted by Gasteiger charge is 2.19. The lowest BCUT2D eigenvalue weighted by Crippen LogP contribution is -2.32. The maximum absolute atomic E-state index is 5.19. The molecule has 0 amide bonds. The minimum atomic E-state index is 0.334. The van der Waals surface area contributed by atoms with E-state index in [4.69, 9.17) is 9.47 Å². The van der Waals surface area contributed by atoms with Crippen molar-refractivity contribution in [2.75, 3.05) is 57.8 Å². The van der Waals surface area contributed by atoms with Crippen LogP contribution in [0.2, 0.25) is 0 Å². The van der Waals surface area contributed by atoms with Gasteiger partial charge in [0.1, 0.15) is 18.0 Å². The van der Waals surface area contributed by atoms with Gasteiger partial charge in [-0.2, -0.15) is 0 Å². The molecule has 0 radical (unpaired) electrons. The van der Waals surface area contributed by atoms with Crippen LogP contribution in [-0.4, -0.2) is 57.5 Å². The maximum Gasteiger partial charge on any atom is 0.137 e. The number of ether oxygens (including phenoxy) is 2. The third-order valence-electron chi connectivity index (χ3n) is 3.11. The van der Waals surface area contributed by atoms with Crippen molar-refractivity contribution in [3.8, 4) is 0 Å². The van der Waals surface area contributed by atoms with Gasteiger partial charge in [-0.05, 0) is 5.92 Å². The molecular formula is C14H26N4O2. The molecule has 0 fully saturated rings. The number of rotatable bonds is 9. The van der Waals surface area contributed by atoms with Gasteiger partial charge in [-0.1, -0.05) is 13.8 Å². The predicted octanol–water partition coefficient (Wildman–Crippen LogP) is 1.74. The lowest BCUT2D eigenvalue weighted by atomic mass is 10.0. The van der Waals surface area contributed by atoms with Gasteiger partial charge in [-0.15, -0.1) is 0 Å². The van der Waals surface area contributed by atoms with Gasteiger partial charge in [-0.25, -0.2) is 9.97 Å². The molecule has 6 heteroatoms. The van der Waals surface area contributed by atoms with Crippen molar-refractivity contribution in [1.29, 1.82) is 0 Å². The van der Waals surface area contributed by atoms with Crippen molar-refractivity contribution in [1.82, 2.24) is 9.97 Å². The molecule has 0 unspecified atom stereocenters. The van der Waals surface area contributed by atoms with E-state index in [1.807, 2.05) is 7.05 Å². The summed E-state index contributed by atoms with van der Waals surface area (Å²) in [6.07, 6.45) is 1.60. The molecule has 0 aliphatic carbocycles. The van der Waals surface area contributed by atoms with E-state index in [9.17, 15) is 0 Å². The molecule has 114 valence electrons. The predicted molar refractivity (Wildman–Crippen MR) is 81.6 cm³/mol. The van der Waals surface area contributed by atoms with Gasteiger partial charge >= 0.3 is 0 Å². The molecule has 1 rings (SSSR count). The van der Waals surface area contributed by atoms with E-state index in [2.05, 4.69) is 34.0 Å². The molecule has 0 atom stereocenters. The van der Waals surface area contributed by atoms with Crippen LogP contribution >= 0.6 is 0 Å². The molecule has 0 bridgehead atoms. The Labute approximate surface area is 121 Å². The van der Waals surface area contributed by atoms with E-state index in [0.29, 0.717) is 19.1 Å². The van der Waals surface area contributed by atoms with Gasteiger partial charge in [0, 0.05) is 39.9 Å². The summed E-state index contributed by atoms with van der Waals surface area (Å²) in [7, 11) is 5.29. The van der Waals surface area contributed by atoms with Crippen LogP contribution < -0.4 is 10.2 Å². The highest BCUT2D eigenvalue weighted by atomic mass is 16.5. The molecule has 0 aliphatic rings. The third kappa shape index (κ3) is 4.31. The Hall–Kier alpha value is -1.40. The molecular weight excluding hydrogens is 256 g/mol. The number of nitrogens with one attached hydrogen (secondary N) is 1. The monoisotopic (exact) mass is 282 g/mol. The Bertz CT molecular complexity index is 391. The van der Waals surface area contributed by atoms with E-state index in [1.165, 1.54) is 0 Å². The van der Waals surface area contributed by atoms with Gasteiger partial charge in [0.05, 0.1) is 13.2 Å². The van der Waals surface area contributed by atoms with Crippen molar-refractivity contribution >= 4 is 11.6 Å². The summed E-state index contributed by atoms with van der Waals surface area (Å²) in [5, 5.41) is 3.14. The summed E-state index contributed by atoms with van der Waals surface area (Å²) >= 11 is 0. The van der Waals surface area contributed by atoms with Crippen LogP contribution in [-0.2, 0) is 9.47 Å². The van der Waals surface area contributed by atoms with E-state index in [-0.39, 0.29) is 0 Å². The summed E-state index contributed by atoms with van der Waals surface area (Å²) in [5.41, 5.74) is 1.13. The number of aromatic nitrogens is 2. The molecule has 1 N–H and O–H groups in total. The van der Waals surface area contributed by atoms with Crippen LogP contribution in [0.1, 0.15) is 25.3 Å². The van der Waals surface area contributed by atoms with Crippen LogP contribution in [0.3, 0.4) is 0 Å². The number of hydrogen-bond acceptors (Lipinski definition) is 6. The number of nitrogens with zero attached hydrogens (tertiary/aromatic N) is 3. The minimum absolute atomic E-state index is 0.334. The Kier molecular flexibility index (Phi) is 7.25. The zero-order chi connectivity index (χ0) is 15.0. The Morgan fingerprint density at radius 2 is 1.75 bits per heavy atom. The highest BCUT2D eigenvalue weighted by molar-refractivity contribution is 5.60. The zero-order valence-corrected chi connectivity index (χ0v) is 13.1. The standard InChI is InChI=1S/C14H26N4O2/c1-11(2)12-13(15-3)16-10-17-14(12)18(6-8-19-4)7-9-20-5/h10-11H,6-9H2,1-5H3,(H,15,16,17). The molecule has 0 spiro atoms. The minimum Gasteiger partial charge on any atom is -0.383 e. The SMILES string of the molecule is CNc1ncnc(N(CCOC)CCOC)c1C(C)C. The van der Waals surface area contributed by atoms with Crippen LogP contribution in [0, 0.1) is 0 Å². The lowest BCUT2D eigenvalue weighted by molar-refractivity contribution is 0.190. The van der Waals surface area contributed by atoms with Crippen molar-refractivity contribution in [2.45, 2.75) is 19.8 Å². The molecule has 1 aromatic heterocycles. The Balaban J connectivity index is 3.09. The average Bonchev–Trinajstić information content (AvgIpc) is 2.46. The first kappa shape index (κ1) is 16.7. The molecule has 0 aromatic carbocycles. The maximum atomic E-state index is 5.19. The van der Waals surface area contributed by atoms with Gasteiger partial charge in [0.15, 0.2) is 0 Å². The first-order chi connectivity index (χ1) is 9.65. The van der Waals surface area contributed by atoms with Crippen LogP contribution in [0.4, 0.5) is 11.6 Å². The van der Waals surface area contributed by atoms with Gasteiger partial charge in [0.25, 0.3) is 0 Å². The smallest absolute Gasteiger partial charge is 0.137 e. The molecule has 0 aliphatic heterocycles. The number of anilines is 2. The summed E-state index contributed by atoms with van der Waals surface area (Å²) in [4.78, 5) is 11.0. The molecule has 6 nitrogen and oxygen atoms in total. The highest BCUT2D eigenvalue weighted by Crippen LogP contribution is 2.30. The molecule has 20 heavy (non-hydrogen) atoms. The summed E-state index contributed by atoms with van der Waals surface area (Å²) < 4.78 is 10.4. The summed E-state index contributed by atoms with van der Waals surface area (Å²) in [6.45, 7) is 7.15. The van der Waals surface area contributed by atoms with Gasteiger partial charge in [-0.3, -0.25) is 0 Å². The van der Waals surface area contributed by atoms with Crippen LogP contribution in [0.25, 0.3) is 0 Å². The average molecular weight is 282 g/mol. The second-order valence-electron chi connectivity index (χ2n) is 4.84. The van der Waals surface area contributed by atoms with Crippen molar-refractivity contribution in [2.24, 2.45) is 0 Å². The van der Waals surface area contributed by atoms with E-state index >= 15 is 0 Å². The second-order valence-corrected chi connectivity index (χ2v) is 4.84. The van der Waals surface area contributed by atoms with E-state index < -0.39 is 0 Å². The van der Waals surface area contributed by atoms with Crippen LogP contribution in [0.15, 0.2) is 6.33 Å². The van der Waals surface area contributed by atoms with E-state index in [0.717, 1.165) is 30.3 Å². The fraction of sp³-hybridized carbons (Fsp3) is 0.714. The van der Waals surface area contributed by atoms with E-state index in [1.54, 1.807) is 20.5 Å². The summed E-state index contributed by atoms with van der Waals surface area (Å²) in [5.74, 6) is 2.17. The van der Waals surface area contributed by atoms with Crippen molar-refractivity contribution in [3.05, 3.63) is 11.9 Å². The second kappa shape index (κ2) is 8.71. The first-order valence-electron chi connectivity index (χ1n) is 6.91. The normalized spacial score (nSPS) is 10.9. The third-order valence-corrected chi connectivity index (χ3v) is 3.11. The molecule has 1 aromatic rings. The topological polar surface area (TPSA) is 59.5 Å². The number of methoxy groups -OCH3 is 2. The fourth-order valence-corrected chi connectivity index (χ4v) is 2.10. The molecule has 0 saturated heterocycles. The van der Waals surface area contributed by atoms with Gasteiger partial charge in [0.2, 0.25) is 0 Å². The van der Waals surface area contributed by atoms with Crippen molar-refractivity contribution in [3.63, 3.8) is 0 Å². The molecule has 0 saturated carbocycles. The quantitative estimate of drug-likeness (QED) is 0.744. The summed E-state index contributed by atoms with van der Waals surface area (Å²) in [6, 6.07) is 0. The van der Waals surface area contributed by atoms with Crippen molar-refractivity contribution < 1.29 is 9.47 Å². The first-order valence-corrected chi connectivity index (χ1v) is 6.91. The Morgan fingerprint density at radius 1 is 1.15 bits per heavy atom.